The van der Waals surface area contributed by atoms with Gasteiger partial charge in [-0.05, 0) is 67.1 Å². The largest absolute Gasteiger partial charge is 0.389 e. The summed E-state index contributed by atoms with van der Waals surface area (Å²) in [5, 5.41) is 2.79. The van der Waals surface area contributed by atoms with Gasteiger partial charge >= 0.3 is 12.2 Å². The Balaban J connectivity index is 1.84. The Bertz CT molecular complexity index is 1140. The summed E-state index contributed by atoms with van der Waals surface area (Å²) in [6.45, 7) is 9.90. The van der Waals surface area contributed by atoms with Crippen molar-refractivity contribution in [3.8, 4) is 11.1 Å². The Morgan fingerprint density at radius 1 is 1.26 bits per heavy atom. The molecule has 0 unspecified atom stereocenters. The number of pyridine rings is 1. The number of benzene rings is 1. The minimum Gasteiger partial charge on any atom is -0.335 e. The van der Waals surface area contributed by atoms with Crippen molar-refractivity contribution in [2.45, 2.75) is 58.3 Å². The number of fused-ring (bicyclic) bond motifs is 1. The number of halogens is 3. The molecule has 0 fully saturated rings. The standard InChI is InChI=1S/C26H31F3N4O/c1-5-19-8-9-20(16-23(19)21-10-11-24-30-14-15-32(24)17-21)18(4)33(7-3)25(34)31-22(6-2)12-13-26(27,28)29/h5,8-11,14-18,22H,1,6-7,12-13H2,2-4H3,(H,31,34)/t18-,22-/m1/s1. The van der Waals surface area contributed by atoms with Crippen LogP contribution in [0.2, 0.25) is 0 Å². The van der Waals surface area contributed by atoms with Gasteiger partial charge in [-0.25, -0.2) is 9.78 Å². The second-order valence-corrected chi connectivity index (χ2v) is 8.33. The van der Waals surface area contributed by atoms with Crippen molar-refractivity contribution in [2.24, 2.45) is 0 Å². The number of urea groups is 1. The zero-order valence-electron chi connectivity index (χ0n) is 19.8. The van der Waals surface area contributed by atoms with Gasteiger partial charge in [0.2, 0.25) is 0 Å². The Morgan fingerprint density at radius 2 is 2.03 bits per heavy atom. The molecule has 0 saturated carbocycles. The van der Waals surface area contributed by atoms with Crippen LogP contribution in [-0.2, 0) is 0 Å². The first kappa shape index (κ1) is 25.3. The molecule has 5 nitrogen and oxygen atoms in total. The van der Waals surface area contributed by atoms with Crippen molar-refractivity contribution in [3.05, 3.63) is 66.6 Å². The Kier molecular flexibility index (Phi) is 8.02. The lowest BCUT2D eigenvalue weighted by Gasteiger charge is -2.31. The molecule has 0 bridgehead atoms. The van der Waals surface area contributed by atoms with E-state index in [2.05, 4.69) is 16.9 Å². The Labute approximate surface area is 198 Å². The average Bonchev–Trinajstić information content (AvgIpc) is 3.29. The number of alkyl halides is 3. The fourth-order valence-corrected chi connectivity index (χ4v) is 4.09. The number of rotatable bonds is 9. The molecule has 2 atom stereocenters. The van der Waals surface area contributed by atoms with Gasteiger partial charge in [-0.2, -0.15) is 13.2 Å². The fourth-order valence-electron chi connectivity index (χ4n) is 4.09. The van der Waals surface area contributed by atoms with Gasteiger partial charge in [-0.3, -0.25) is 0 Å². The molecule has 182 valence electrons. The lowest BCUT2D eigenvalue weighted by atomic mass is 9.95. The van der Waals surface area contributed by atoms with Crippen LogP contribution in [0.1, 0.15) is 57.2 Å². The number of carbonyl (C=O) groups excluding carboxylic acids is 1. The maximum absolute atomic E-state index is 13.0. The molecule has 0 aliphatic heterocycles. The lowest BCUT2D eigenvalue weighted by Crippen LogP contribution is -2.45. The molecule has 0 aliphatic rings. The third-order valence-electron chi connectivity index (χ3n) is 6.15. The van der Waals surface area contributed by atoms with Crippen LogP contribution in [0.4, 0.5) is 18.0 Å². The van der Waals surface area contributed by atoms with Crippen LogP contribution >= 0.6 is 0 Å². The molecule has 2 heterocycles. The molecular formula is C26H31F3N4O. The number of aromatic nitrogens is 2. The minimum absolute atomic E-state index is 0.132. The van der Waals surface area contributed by atoms with E-state index in [0.717, 1.165) is 27.9 Å². The van der Waals surface area contributed by atoms with E-state index < -0.39 is 18.6 Å². The molecule has 2 amide bonds. The second-order valence-electron chi connectivity index (χ2n) is 8.33. The van der Waals surface area contributed by atoms with Crippen molar-refractivity contribution in [1.29, 1.82) is 0 Å². The summed E-state index contributed by atoms with van der Waals surface area (Å²) < 4.78 is 39.8. The summed E-state index contributed by atoms with van der Waals surface area (Å²) in [5.74, 6) is 0. The van der Waals surface area contributed by atoms with E-state index in [1.807, 2.05) is 61.0 Å². The third-order valence-corrected chi connectivity index (χ3v) is 6.15. The Morgan fingerprint density at radius 3 is 2.68 bits per heavy atom. The van der Waals surface area contributed by atoms with Gasteiger partial charge in [0, 0.05) is 37.6 Å². The highest BCUT2D eigenvalue weighted by molar-refractivity contribution is 5.77. The number of carbonyl (C=O) groups is 1. The molecule has 3 rings (SSSR count). The molecule has 34 heavy (non-hydrogen) atoms. The van der Waals surface area contributed by atoms with E-state index in [9.17, 15) is 18.0 Å². The van der Waals surface area contributed by atoms with Crippen molar-refractivity contribution < 1.29 is 18.0 Å². The first-order valence-electron chi connectivity index (χ1n) is 11.5. The first-order valence-corrected chi connectivity index (χ1v) is 11.5. The van der Waals surface area contributed by atoms with Gasteiger partial charge in [0.1, 0.15) is 5.65 Å². The molecule has 1 aromatic carbocycles. The molecule has 0 radical (unpaired) electrons. The minimum atomic E-state index is -4.24. The lowest BCUT2D eigenvalue weighted by molar-refractivity contribution is -0.136. The van der Waals surface area contributed by atoms with Gasteiger partial charge in [-0.15, -0.1) is 0 Å². The number of hydrogen-bond acceptors (Lipinski definition) is 2. The molecule has 2 aromatic heterocycles. The molecule has 0 spiro atoms. The van der Waals surface area contributed by atoms with Crippen molar-refractivity contribution in [3.63, 3.8) is 0 Å². The van der Waals surface area contributed by atoms with E-state index in [0.29, 0.717) is 13.0 Å². The maximum atomic E-state index is 13.0. The third kappa shape index (κ3) is 5.98. The average molecular weight is 473 g/mol. The molecule has 3 aromatic rings. The summed E-state index contributed by atoms with van der Waals surface area (Å²) in [6.07, 6.45) is 2.55. The van der Waals surface area contributed by atoms with Gasteiger partial charge in [0.15, 0.2) is 0 Å². The highest BCUT2D eigenvalue weighted by atomic mass is 19.4. The molecular weight excluding hydrogens is 441 g/mol. The quantitative estimate of drug-likeness (QED) is 0.370. The smallest absolute Gasteiger partial charge is 0.335 e. The maximum Gasteiger partial charge on any atom is 0.389 e. The van der Waals surface area contributed by atoms with Crippen molar-refractivity contribution in [2.75, 3.05) is 6.54 Å². The first-order chi connectivity index (χ1) is 16.2. The summed E-state index contributed by atoms with van der Waals surface area (Å²) in [7, 11) is 0. The van der Waals surface area contributed by atoms with Crippen LogP contribution < -0.4 is 5.32 Å². The normalized spacial score (nSPS) is 13.5. The highest BCUT2D eigenvalue weighted by Crippen LogP contribution is 2.31. The zero-order chi connectivity index (χ0) is 24.9. The van der Waals surface area contributed by atoms with E-state index in [-0.39, 0.29) is 18.5 Å². The second kappa shape index (κ2) is 10.8. The Hall–Kier alpha value is -3.29. The van der Waals surface area contributed by atoms with Crippen LogP contribution in [0.25, 0.3) is 22.9 Å². The van der Waals surface area contributed by atoms with Gasteiger partial charge in [0.05, 0.1) is 6.04 Å². The number of nitrogens with one attached hydrogen (secondary N) is 1. The van der Waals surface area contributed by atoms with Gasteiger partial charge in [0.25, 0.3) is 0 Å². The predicted octanol–water partition coefficient (Wildman–Crippen LogP) is 6.86. The van der Waals surface area contributed by atoms with Gasteiger partial charge in [-0.1, -0.05) is 31.7 Å². The summed E-state index contributed by atoms with van der Waals surface area (Å²) in [4.78, 5) is 18.9. The monoisotopic (exact) mass is 472 g/mol. The van der Waals surface area contributed by atoms with Gasteiger partial charge < -0.3 is 14.6 Å². The fraction of sp³-hybridized carbons (Fsp3) is 0.385. The van der Waals surface area contributed by atoms with Crippen molar-refractivity contribution in [1.82, 2.24) is 19.6 Å². The number of amides is 2. The van der Waals surface area contributed by atoms with E-state index in [1.165, 1.54) is 0 Å². The summed E-state index contributed by atoms with van der Waals surface area (Å²) in [6, 6.07) is 8.73. The molecule has 0 aliphatic carbocycles. The van der Waals surface area contributed by atoms with Crippen LogP contribution in [0.15, 0.2) is 55.5 Å². The molecule has 8 heteroatoms. The zero-order valence-corrected chi connectivity index (χ0v) is 19.8. The van der Waals surface area contributed by atoms with Crippen LogP contribution in [0.3, 0.4) is 0 Å². The summed E-state index contributed by atoms with van der Waals surface area (Å²) >= 11 is 0. The van der Waals surface area contributed by atoms with E-state index in [4.69, 9.17) is 0 Å². The number of hydrogen-bond donors (Lipinski definition) is 1. The van der Waals surface area contributed by atoms with Crippen LogP contribution in [0, 0.1) is 0 Å². The van der Waals surface area contributed by atoms with E-state index in [1.54, 1.807) is 24.1 Å². The van der Waals surface area contributed by atoms with Crippen molar-refractivity contribution >= 4 is 17.8 Å². The SMILES string of the molecule is C=Cc1ccc([C@@H](C)N(CC)C(=O)N[C@H](CC)CCC(F)(F)F)cc1-c1ccc2nccn2c1. The highest BCUT2D eigenvalue weighted by Gasteiger charge is 2.29. The topological polar surface area (TPSA) is 49.6 Å². The summed E-state index contributed by atoms with van der Waals surface area (Å²) in [5.41, 5.74) is 4.69. The predicted molar refractivity (Wildman–Crippen MR) is 129 cm³/mol. The van der Waals surface area contributed by atoms with E-state index >= 15 is 0 Å². The van der Waals surface area contributed by atoms with Crippen LogP contribution in [0.5, 0.6) is 0 Å². The molecule has 0 saturated heterocycles. The van der Waals surface area contributed by atoms with Crippen LogP contribution in [-0.4, -0.2) is 39.1 Å². The number of imidazole rings is 1. The molecule has 1 N–H and O–H groups in total. The number of nitrogens with zero attached hydrogens (tertiary/aromatic N) is 3.